The van der Waals surface area contributed by atoms with Crippen molar-refractivity contribution in [1.82, 2.24) is 9.80 Å². The highest BCUT2D eigenvalue weighted by atomic mass is 16.6. The molecular weight excluding hydrogens is 436 g/mol. The first-order chi connectivity index (χ1) is 16.5. The number of nitro groups is 1. The number of hydrogen-bond donors (Lipinski definition) is 0. The molecule has 0 spiro atoms. The number of benzene rings is 2. The van der Waals surface area contributed by atoms with Crippen LogP contribution < -0.4 is 4.90 Å². The fourth-order valence-corrected chi connectivity index (χ4v) is 4.46. The molecule has 9 nitrogen and oxygen atoms in total. The quantitative estimate of drug-likeness (QED) is 0.460. The van der Waals surface area contributed by atoms with Gasteiger partial charge in [0.2, 0.25) is 5.91 Å². The Morgan fingerprint density at radius 3 is 2.26 bits per heavy atom. The van der Waals surface area contributed by atoms with E-state index in [-0.39, 0.29) is 17.5 Å². The van der Waals surface area contributed by atoms with Gasteiger partial charge >= 0.3 is 0 Å². The zero-order valence-electron chi connectivity index (χ0n) is 19.2. The molecule has 0 aliphatic carbocycles. The molecule has 0 saturated carbocycles. The number of piperazine rings is 1. The first-order valence-corrected chi connectivity index (χ1v) is 11.7. The number of morpholine rings is 1. The highest BCUT2D eigenvalue weighted by Crippen LogP contribution is 2.28. The van der Waals surface area contributed by atoms with Gasteiger partial charge in [-0.3, -0.25) is 19.7 Å². The van der Waals surface area contributed by atoms with Crippen LogP contribution in [0.2, 0.25) is 0 Å². The Labute approximate surface area is 199 Å². The second kappa shape index (κ2) is 11.1. The van der Waals surface area contributed by atoms with Gasteiger partial charge in [0, 0.05) is 57.8 Å². The van der Waals surface area contributed by atoms with E-state index in [0.29, 0.717) is 70.2 Å². The molecule has 2 aliphatic rings. The highest BCUT2D eigenvalue weighted by Gasteiger charge is 2.29. The number of anilines is 1. The van der Waals surface area contributed by atoms with Crippen molar-refractivity contribution in [3.8, 4) is 0 Å². The normalized spacial score (nSPS) is 16.4. The van der Waals surface area contributed by atoms with E-state index < -0.39 is 4.92 Å². The minimum atomic E-state index is -0.480. The summed E-state index contributed by atoms with van der Waals surface area (Å²) >= 11 is 0. The molecule has 34 heavy (non-hydrogen) atoms. The molecule has 2 amide bonds. The molecule has 4 rings (SSSR count). The van der Waals surface area contributed by atoms with Crippen LogP contribution in [0.1, 0.15) is 28.8 Å². The number of nitro benzene ring substituents is 1. The van der Waals surface area contributed by atoms with Gasteiger partial charge in [0.05, 0.1) is 29.4 Å². The summed E-state index contributed by atoms with van der Waals surface area (Å²) in [5.74, 6) is -0.131. The van der Waals surface area contributed by atoms with Crippen LogP contribution in [0, 0.1) is 10.1 Å². The minimum Gasteiger partial charge on any atom is -0.378 e. The number of carbonyl (C=O) groups is 2. The first-order valence-electron chi connectivity index (χ1n) is 11.7. The van der Waals surface area contributed by atoms with Crippen molar-refractivity contribution in [2.75, 3.05) is 57.4 Å². The maximum absolute atomic E-state index is 13.4. The van der Waals surface area contributed by atoms with E-state index in [2.05, 4.69) is 12.1 Å². The molecule has 0 N–H and O–H groups in total. The predicted octanol–water partition coefficient (Wildman–Crippen LogP) is 2.74. The number of non-ortho nitro benzene ring substituents is 1. The first kappa shape index (κ1) is 23.7. The van der Waals surface area contributed by atoms with Crippen LogP contribution in [0.5, 0.6) is 0 Å². The number of nitrogens with zero attached hydrogens (tertiary/aromatic N) is 4. The van der Waals surface area contributed by atoms with Crippen LogP contribution in [-0.4, -0.2) is 79.0 Å². The number of hydrogen-bond acceptors (Lipinski definition) is 6. The van der Waals surface area contributed by atoms with Crippen LogP contribution in [0.15, 0.2) is 48.5 Å². The summed E-state index contributed by atoms with van der Waals surface area (Å²) in [6.45, 7) is 4.12. The second-order valence-corrected chi connectivity index (χ2v) is 8.57. The Morgan fingerprint density at radius 1 is 0.912 bits per heavy atom. The zero-order valence-corrected chi connectivity index (χ0v) is 19.2. The number of rotatable bonds is 7. The van der Waals surface area contributed by atoms with Gasteiger partial charge in [-0.25, -0.2) is 0 Å². The Bertz CT molecular complexity index is 1020. The van der Waals surface area contributed by atoms with E-state index in [1.165, 1.54) is 17.7 Å². The van der Waals surface area contributed by atoms with Crippen LogP contribution in [0.4, 0.5) is 11.4 Å². The van der Waals surface area contributed by atoms with Gasteiger partial charge < -0.3 is 19.4 Å². The molecule has 2 fully saturated rings. The third-order valence-corrected chi connectivity index (χ3v) is 6.39. The molecule has 0 aromatic heterocycles. The number of amides is 2. The van der Waals surface area contributed by atoms with Crippen molar-refractivity contribution >= 4 is 23.2 Å². The SMILES string of the molecule is O=C(CCCc1ccccc1)N1CCN(C(=O)c2cc([N+](=O)[O-])ccc2N2CCOCC2)CC1. The number of ether oxygens (including phenoxy) is 1. The molecule has 2 aromatic carbocycles. The van der Waals surface area contributed by atoms with Gasteiger partial charge in [-0.1, -0.05) is 30.3 Å². The molecule has 0 atom stereocenters. The van der Waals surface area contributed by atoms with E-state index in [0.717, 1.165) is 12.8 Å². The molecule has 0 radical (unpaired) electrons. The van der Waals surface area contributed by atoms with Gasteiger partial charge in [-0.2, -0.15) is 0 Å². The summed E-state index contributed by atoms with van der Waals surface area (Å²) in [6, 6.07) is 14.6. The standard InChI is InChI=1S/C25H30N4O5/c30-24(8-4-7-20-5-2-1-3-6-20)27-11-13-28(14-12-27)25(31)22-19-21(29(32)33)9-10-23(22)26-15-17-34-18-16-26/h1-3,5-6,9-10,19H,4,7-8,11-18H2. The van der Waals surface area contributed by atoms with Gasteiger partial charge in [-0.15, -0.1) is 0 Å². The third kappa shape index (κ3) is 5.72. The summed E-state index contributed by atoms with van der Waals surface area (Å²) < 4.78 is 5.40. The lowest BCUT2D eigenvalue weighted by molar-refractivity contribution is -0.384. The van der Waals surface area contributed by atoms with E-state index >= 15 is 0 Å². The van der Waals surface area contributed by atoms with Gasteiger partial charge in [0.15, 0.2) is 0 Å². The largest absolute Gasteiger partial charge is 0.378 e. The number of carbonyl (C=O) groups excluding carboxylic acids is 2. The Balaban J connectivity index is 1.36. The fraction of sp³-hybridized carbons (Fsp3) is 0.440. The van der Waals surface area contributed by atoms with E-state index in [1.807, 2.05) is 28.0 Å². The van der Waals surface area contributed by atoms with Crippen LogP contribution in [-0.2, 0) is 16.0 Å². The van der Waals surface area contributed by atoms with Crippen LogP contribution in [0.3, 0.4) is 0 Å². The number of aryl methyl sites for hydroxylation is 1. The topological polar surface area (TPSA) is 96.2 Å². The van der Waals surface area contributed by atoms with Crippen molar-refractivity contribution in [3.05, 3.63) is 69.8 Å². The highest BCUT2D eigenvalue weighted by molar-refractivity contribution is 6.00. The molecule has 2 aromatic rings. The second-order valence-electron chi connectivity index (χ2n) is 8.57. The molecule has 2 aliphatic heterocycles. The summed E-state index contributed by atoms with van der Waals surface area (Å²) in [4.78, 5) is 42.4. The van der Waals surface area contributed by atoms with Gasteiger partial charge in [-0.05, 0) is 24.5 Å². The molecule has 0 bridgehead atoms. The van der Waals surface area contributed by atoms with Crippen molar-refractivity contribution in [3.63, 3.8) is 0 Å². The van der Waals surface area contributed by atoms with Crippen molar-refractivity contribution in [1.29, 1.82) is 0 Å². The smallest absolute Gasteiger partial charge is 0.270 e. The summed E-state index contributed by atoms with van der Waals surface area (Å²) in [5.41, 5.74) is 2.14. The molecule has 2 saturated heterocycles. The van der Waals surface area contributed by atoms with Gasteiger partial charge in [0.25, 0.3) is 11.6 Å². The van der Waals surface area contributed by atoms with E-state index in [9.17, 15) is 19.7 Å². The Hall–Kier alpha value is -3.46. The molecule has 0 unspecified atom stereocenters. The van der Waals surface area contributed by atoms with Crippen molar-refractivity contribution in [2.45, 2.75) is 19.3 Å². The van der Waals surface area contributed by atoms with E-state index in [1.54, 1.807) is 11.0 Å². The maximum Gasteiger partial charge on any atom is 0.270 e. The molecular formula is C25H30N4O5. The summed E-state index contributed by atoms with van der Waals surface area (Å²) in [5, 5.41) is 11.3. The average molecular weight is 467 g/mol. The Morgan fingerprint density at radius 2 is 1.59 bits per heavy atom. The van der Waals surface area contributed by atoms with Crippen molar-refractivity contribution in [2.24, 2.45) is 0 Å². The molecule has 9 heteroatoms. The Kier molecular flexibility index (Phi) is 7.74. The maximum atomic E-state index is 13.4. The van der Waals surface area contributed by atoms with E-state index in [4.69, 9.17) is 4.74 Å². The van der Waals surface area contributed by atoms with Crippen molar-refractivity contribution < 1.29 is 19.2 Å². The monoisotopic (exact) mass is 466 g/mol. The predicted molar refractivity (Wildman–Crippen MR) is 128 cm³/mol. The average Bonchev–Trinajstić information content (AvgIpc) is 2.89. The van der Waals surface area contributed by atoms with Crippen LogP contribution in [0.25, 0.3) is 0 Å². The lowest BCUT2D eigenvalue weighted by atomic mass is 10.1. The summed E-state index contributed by atoms with van der Waals surface area (Å²) in [6.07, 6.45) is 2.13. The molecule has 180 valence electrons. The minimum absolute atomic E-state index is 0.104. The third-order valence-electron chi connectivity index (χ3n) is 6.39. The zero-order chi connectivity index (χ0) is 23.9. The van der Waals surface area contributed by atoms with Gasteiger partial charge in [0.1, 0.15) is 0 Å². The molecule has 2 heterocycles. The van der Waals surface area contributed by atoms with Crippen LogP contribution >= 0.6 is 0 Å². The lowest BCUT2D eigenvalue weighted by Gasteiger charge is -2.36. The summed E-state index contributed by atoms with van der Waals surface area (Å²) in [7, 11) is 0. The fourth-order valence-electron chi connectivity index (χ4n) is 4.46. The lowest BCUT2D eigenvalue weighted by Crippen LogP contribution is -2.50.